The summed E-state index contributed by atoms with van der Waals surface area (Å²) in [6, 6.07) is 8.90. The number of thiophene rings is 1. The Bertz CT molecular complexity index is 936. The van der Waals surface area contributed by atoms with Gasteiger partial charge in [0.2, 0.25) is 5.91 Å². The lowest BCUT2D eigenvalue weighted by molar-refractivity contribution is -0.124. The molecule has 5 nitrogen and oxygen atoms in total. The number of hydrogen-bond donors (Lipinski definition) is 1. The summed E-state index contributed by atoms with van der Waals surface area (Å²) >= 11 is 8.36. The number of hydrogen-bond acceptors (Lipinski definition) is 5. The maximum absolute atomic E-state index is 13.6. The number of amides is 1. The van der Waals surface area contributed by atoms with E-state index < -0.39 is 16.1 Å². The van der Waals surface area contributed by atoms with Crippen LogP contribution in [0.2, 0.25) is 4.34 Å². The highest BCUT2D eigenvalue weighted by Gasteiger charge is 2.39. The molecule has 3 rings (SSSR count). The molecule has 1 aromatic heterocycles. The third-order valence-corrected chi connectivity index (χ3v) is 8.99. The summed E-state index contributed by atoms with van der Waals surface area (Å²) in [4.78, 5) is 12.5. The molecular weight excluding hydrogens is 443 g/mol. The average molecular weight is 463 g/mol. The average Bonchev–Trinajstić information content (AvgIpc) is 3.32. The number of carbonyl (C=O) groups excluding carboxylic acids is 1. The smallest absolute Gasteiger partial charge is 0.253 e. The summed E-state index contributed by atoms with van der Waals surface area (Å²) in [5, 5.41) is 2.80. The lowest BCUT2D eigenvalue weighted by atomic mass is 10.2. The van der Waals surface area contributed by atoms with Gasteiger partial charge >= 0.3 is 0 Å². The molecule has 2 heterocycles. The molecule has 1 amide bonds. The van der Waals surface area contributed by atoms with Crippen LogP contribution in [0.1, 0.15) is 18.4 Å². The van der Waals surface area contributed by atoms with Gasteiger partial charge in [0, 0.05) is 24.6 Å². The normalized spacial score (nSPS) is 17.7. The van der Waals surface area contributed by atoms with Crippen LogP contribution in [0.4, 0.5) is 4.39 Å². The molecule has 1 N–H and O–H groups in total. The predicted octanol–water partition coefficient (Wildman–Crippen LogP) is 3.74. The van der Waals surface area contributed by atoms with E-state index in [9.17, 15) is 17.6 Å². The molecular formula is C18H20ClFN2O3S3. The fourth-order valence-corrected chi connectivity index (χ4v) is 7.12. The van der Waals surface area contributed by atoms with Gasteiger partial charge in [-0.2, -0.15) is 16.1 Å². The van der Waals surface area contributed by atoms with Crippen LogP contribution in [-0.4, -0.2) is 43.5 Å². The van der Waals surface area contributed by atoms with E-state index in [-0.39, 0.29) is 15.9 Å². The maximum atomic E-state index is 13.6. The number of sulfonamides is 1. The van der Waals surface area contributed by atoms with Crippen molar-refractivity contribution in [2.75, 3.05) is 18.8 Å². The summed E-state index contributed by atoms with van der Waals surface area (Å²) < 4.78 is 41.0. The minimum Gasteiger partial charge on any atom is -0.354 e. The van der Waals surface area contributed by atoms with E-state index in [0.717, 1.165) is 11.3 Å². The Morgan fingerprint density at radius 2 is 2.11 bits per heavy atom. The van der Waals surface area contributed by atoms with Crippen LogP contribution in [0.15, 0.2) is 40.6 Å². The number of benzene rings is 1. The third-order valence-electron chi connectivity index (χ3n) is 4.38. The van der Waals surface area contributed by atoms with Crippen LogP contribution in [0.25, 0.3) is 0 Å². The van der Waals surface area contributed by atoms with Gasteiger partial charge in [0.1, 0.15) is 16.1 Å². The second-order valence-corrected chi connectivity index (χ2v) is 11.2. The van der Waals surface area contributed by atoms with E-state index in [1.54, 1.807) is 18.2 Å². The molecule has 1 atom stereocenters. The van der Waals surface area contributed by atoms with Crippen LogP contribution in [0, 0.1) is 5.82 Å². The fraction of sp³-hybridized carbons (Fsp3) is 0.389. The number of nitrogens with zero attached hydrogens (tertiary/aromatic N) is 1. The van der Waals surface area contributed by atoms with E-state index in [0.29, 0.717) is 47.3 Å². The van der Waals surface area contributed by atoms with Crippen molar-refractivity contribution in [3.05, 3.63) is 52.1 Å². The van der Waals surface area contributed by atoms with Crippen molar-refractivity contribution < 1.29 is 17.6 Å². The van der Waals surface area contributed by atoms with E-state index in [1.165, 1.54) is 34.3 Å². The van der Waals surface area contributed by atoms with Crippen molar-refractivity contribution >= 4 is 50.6 Å². The predicted molar refractivity (Wildman–Crippen MR) is 112 cm³/mol. The topological polar surface area (TPSA) is 66.5 Å². The van der Waals surface area contributed by atoms with Crippen molar-refractivity contribution in [2.24, 2.45) is 0 Å². The van der Waals surface area contributed by atoms with Gasteiger partial charge in [0.25, 0.3) is 10.0 Å². The molecule has 28 heavy (non-hydrogen) atoms. The highest BCUT2D eigenvalue weighted by molar-refractivity contribution is 7.98. The summed E-state index contributed by atoms with van der Waals surface area (Å²) in [5.74, 6) is 0.598. The van der Waals surface area contributed by atoms with Gasteiger partial charge in [-0.25, -0.2) is 12.8 Å². The molecule has 0 saturated carbocycles. The highest BCUT2D eigenvalue weighted by Crippen LogP contribution is 2.32. The van der Waals surface area contributed by atoms with Crippen LogP contribution < -0.4 is 5.32 Å². The van der Waals surface area contributed by atoms with Crippen molar-refractivity contribution in [3.63, 3.8) is 0 Å². The molecule has 0 spiro atoms. The molecule has 1 aliphatic heterocycles. The number of rotatable bonds is 8. The Kier molecular flexibility index (Phi) is 7.38. The summed E-state index contributed by atoms with van der Waals surface area (Å²) in [6.45, 7) is 0.713. The first-order valence-electron chi connectivity index (χ1n) is 8.75. The summed E-state index contributed by atoms with van der Waals surface area (Å²) in [5.41, 5.74) is 0.626. The number of thioether (sulfide) groups is 1. The second kappa shape index (κ2) is 9.58. The lowest BCUT2D eigenvalue weighted by Gasteiger charge is -2.22. The van der Waals surface area contributed by atoms with Crippen LogP contribution in [0.5, 0.6) is 0 Å². The number of nitrogens with one attached hydrogen (secondary N) is 1. The second-order valence-electron chi connectivity index (χ2n) is 6.27. The van der Waals surface area contributed by atoms with Crippen molar-refractivity contribution in [2.45, 2.75) is 28.8 Å². The summed E-state index contributed by atoms with van der Waals surface area (Å²) in [7, 11) is -3.73. The zero-order valence-corrected chi connectivity index (χ0v) is 18.1. The Hall–Kier alpha value is -1.13. The van der Waals surface area contributed by atoms with Gasteiger partial charge in [-0.3, -0.25) is 4.79 Å². The molecule has 0 bridgehead atoms. The van der Waals surface area contributed by atoms with Crippen LogP contribution in [-0.2, 0) is 20.6 Å². The molecule has 1 aliphatic rings. The molecule has 0 aliphatic carbocycles. The van der Waals surface area contributed by atoms with Gasteiger partial charge in [-0.15, -0.1) is 11.3 Å². The first kappa shape index (κ1) is 21.6. The first-order valence-corrected chi connectivity index (χ1v) is 12.5. The zero-order chi connectivity index (χ0) is 20.1. The van der Waals surface area contributed by atoms with Gasteiger partial charge in [-0.05, 0) is 36.6 Å². The van der Waals surface area contributed by atoms with Crippen molar-refractivity contribution in [3.8, 4) is 0 Å². The highest BCUT2D eigenvalue weighted by atomic mass is 35.5. The van der Waals surface area contributed by atoms with E-state index in [4.69, 9.17) is 11.6 Å². The van der Waals surface area contributed by atoms with Crippen LogP contribution >= 0.6 is 34.7 Å². The molecule has 1 aromatic carbocycles. The molecule has 10 heteroatoms. The Labute approximate surface area is 177 Å². The molecule has 152 valence electrons. The standard InChI is InChI=1S/C18H20ClFN2O3S3/c19-16-7-8-17(27-16)28(24,25)22-10-3-6-15(22)18(23)21-9-11-26-12-13-4-1-2-5-14(13)20/h1-2,4-5,7-8,15H,3,6,9-12H2,(H,21,23). The zero-order valence-electron chi connectivity index (χ0n) is 14.9. The lowest BCUT2D eigenvalue weighted by Crippen LogP contribution is -2.46. The van der Waals surface area contributed by atoms with E-state index in [2.05, 4.69) is 5.32 Å². The van der Waals surface area contributed by atoms with Crippen molar-refractivity contribution in [1.82, 2.24) is 9.62 Å². The minimum absolute atomic E-state index is 0.151. The van der Waals surface area contributed by atoms with Gasteiger partial charge < -0.3 is 5.32 Å². The fourth-order valence-electron chi connectivity index (χ4n) is 3.00. The quantitative estimate of drug-likeness (QED) is 0.607. The van der Waals surface area contributed by atoms with E-state index in [1.807, 2.05) is 0 Å². The molecule has 1 fully saturated rings. The molecule has 1 saturated heterocycles. The molecule has 2 aromatic rings. The SMILES string of the molecule is O=C(NCCSCc1ccccc1F)C1CCCN1S(=O)(=O)c1ccc(Cl)s1. The first-order chi connectivity index (χ1) is 13.4. The van der Waals surface area contributed by atoms with Crippen LogP contribution in [0.3, 0.4) is 0 Å². The maximum Gasteiger partial charge on any atom is 0.253 e. The van der Waals surface area contributed by atoms with Crippen molar-refractivity contribution in [1.29, 1.82) is 0 Å². The largest absolute Gasteiger partial charge is 0.354 e. The van der Waals surface area contributed by atoms with E-state index >= 15 is 0 Å². The Morgan fingerprint density at radius 1 is 1.32 bits per heavy atom. The molecule has 0 radical (unpaired) electrons. The minimum atomic E-state index is -3.73. The Balaban J connectivity index is 1.50. The summed E-state index contributed by atoms with van der Waals surface area (Å²) in [6.07, 6.45) is 1.13. The molecule has 1 unspecified atom stereocenters. The number of halogens is 2. The number of carbonyl (C=O) groups is 1. The monoisotopic (exact) mass is 462 g/mol. The Morgan fingerprint density at radius 3 is 2.82 bits per heavy atom. The van der Waals surface area contributed by atoms with Gasteiger partial charge in [0.15, 0.2) is 0 Å². The third kappa shape index (κ3) is 5.07. The van der Waals surface area contributed by atoms with Gasteiger partial charge in [-0.1, -0.05) is 29.8 Å². The van der Waals surface area contributed by atoms with Gasteiger partial charge in [0.05, 0.1) is 4.34 Å².